The first-order valence-corrected chi connectivity index (χ1v) is 11.6. The van der Waals surface area contributed by atoms with Gasteiger partial charge in [-0.15, -0.1) is 0 Å². The molecule has 0 unspecified atom stereocenters. The van der Waals surface area contributed by atoms with E-state index < -0.39 is 34.3 Å². The first kappa shape index (κ1) is 23.2. The van der Waals surface area contributed by atoms with Gasteiger partial charge in [0.05, 0.1) is 21.2 Å². The number of benzene rings is 2. The number of carbonyl (C=O) groups excluding carboxylic acids is 2. The van der Waals surface area contributed by atoms with Crippen molar-refractivity contribution in [3.8, 4) is 0 Å². The summed E-state index contributed by atoms with van der Waals surface area (Å²) >= 11 is 6.11. The second-order valence-corrected chi connectivity index (χ2v) is 9.44. The van der Waals surface area contributed by atoms with E-state index in [2.05, 4.69) is 5.32 Å². The molecule has 1 saturated heterocycles. The van der Waals surface area contributed by atoms with Crippen molar-refractivity contribution in [3.63, 3.8) is 0 Å². The van der Waals surface area contributed by atoms with E-state index in [1.807, 2.05) is 0 Å². The summed E-state index contributed by atoms with van der Waals surface area (Å²) in [5.41, 5.74) is 0.193. The van der Waals surface area contributed by atoms with Crippen LogP contribution < -0.4 is 5.32 Å². The zero-order valence-electron chi connectivity index (χ0n) is 16.6. The van der Waals surface area contributed by atoms with Gasteiger partial charge in [0.1, 0.15) is 5.82 Å². The molecule has 3 rings (SSSR count). The molecule has 0 aliphatic carbocycles. The Labute approximate surface area is 185 Å². The Bertz CT molecular complexity index is 1050. The molecule has 0 atom stereocenters. The van der Waals surface area contributed by atoms with Gasteiger partial charge in [-0.25, -0.2) is 17.6 Å². The fraction of sp³-hybridized carbons (Fsp3) is 0.333. The van der Waals surface area contributed by atoms with E-state index in [4.69, 9.17) is 16.3 Å². The molecule has 2 aromatic rings. The second kappa shape index (κ2) is 10.2. The summed E-state index contributed by atoms with van der Waals surface area (Å²) < 4.78 is 45.2. The number of anilines is 1. The molecule has 0 spiro atoms. The van der Waals surface area contributed by atoms with Crippen LogP contribution in [0.4, 0.5) is 10.1 Å². The summed E-state index contributed by atoms with van der Waals surface area (Å²) in [5.74, 6) is -1.99. The van der Waals surface area contributed by atoms with E-state index >= 15 is 0 Å². The lowest BCUT2D eigenvalue weighted by atomic mass is 10.2. The van der Waals surface area contributed by atoms with Crippen molar-refractivity contribution in [2.45, 2.75) is 30.6 Å². The van der Waals surface area contributed by atoms with Crippen LogP contribution in [0.2, 0.25) is 5.02 Å². The van der Waals surface area contributed by atoms with Gasteiger partial charge in [-0.1, -0.05) is 24.4 Å². The van der Waals surface area contributed by atoms with Crippen molar-refractivity contribution in [1.82, 2.24) is 4.31 Å². The highest BCUT2D eigenvalue weighted by Crippen LogP contribution is 2.28. The summed E-state index contributed by atoms with van der Waals surface area (Å²) in [6.45, 7) is 0.285. The molecule has 166 valence electrons. The van der Waals surface area contributed by atoms with Gasteiger partial charge in [0.2, 0.25) is 10.0 Å². The molecule has 0 radical (unpaired) electrons. The lowest BCUT2D eigenvalue weighted by molar-refractivity contribution is -0.119. The summed E-state index contributed by atoms with van der Waals surface area (Å²) in [6, 6.07) is 8.77. The SMILES string of the molecule is O=C(COC(=O)c1ccc(F)cc1)Nc1cc(S(=O)(=O)N2CCCCCC2)ccc1Cl. The van der Waals surface area contributed by atoms with E-state index in [9.17, 15) is 22.4 Å². The summed E-state index contributed by atoms with van der Waals surface area (Å²) in [5, 5.41) is 2.61. The molecule has 1 aliphatic rings. The third-order valence-electron chi connectivity index (χ3n) is 4.83. The van der Waals surface area contributed by atoms with Crippen LogP contribution in [0, 0.1) is 5.82 Å². The summed E-state index contributed by atoms with van der Waals surface area (Å²) in [7, 11) is -3.72. The molecular weight excluding hydrogens is 447 g/mol. The van der Waals surface area contributed by atoms with Gasteiger partial charge >= 0.3 is 5.97 Å². The third-order valence-corrected chi connectivity index (χ3v) is 7.05. The van der Waals surface area contributed by atoms with Crippen LogP contribution in [-0.4, -0.2) is 44.3 Å². The molecule has 1 fully saturated rings. The highest BCUT2D eigenvalue weighted by atomic mass is 35.5. The normalized spacial score (nSPS) is 15.2. The van der Waals surface area contributed by atoms with Gasteiger partial charge < -0.3 is 10.1 Å². The van der Waals surface area contributed by atoms with Gasteiger partial charge in [-0.05, 0) is 55.3 Å². The fourth-order valence-electron chi connectivity index (χ4n) is 3.18. The Morgan fingerprint density at radius 2 is 1.68 bits per heavy atom. The van der Waals surface area contributed by atoms with Gasteiger partial charge in [0.25, 0.3) is 5.91 Å². The first-order valence-electron chi connectivity index (χ1n) is 9.79. The second-order valence-electron chi connectivity index (χ2n) is 7.09. The molecule has 0 bridgehead atoms. The molecule has 1 amide bonds. The van der Waals surface area contributed by atoms with Crippen LogP contribution in [0.3, 0.4) is 0 Å². The van der Waals surface area contributed by atoms with E-state index in [-0.39, 0.29) is 21.2 Å². The highest BCUT2D eigenvalue weighted by molar-refractivity contribution is 7.89. The van der Waals surface area contributed by atoms with Crippen LogP contribution in [0.25, 0.3) is 0 Å². The number of nitrogens with one attached hydrogen (secondary N) is 1. The van der Waals surface area contributed by atoms with Gasteiger partial charge in [0.15, 0.2) is 6.61 Å². The Balaban J connectivity index is 1.66. The number of amides is 1. The number of sulfonamides is 1. The smallest absolute Gasteiger partial charge is 0.338 e. The number of rotatable bonds is 6. The molecule has 10 heteroatoms. The predicted molar refractivity (Wildman–Crippen MR) is 114 cm³/mol. The minimum Gasteiger partial charge on any atom is -0.452 e. The third kappa shape index (κ3) is 6.03. The monoisotopic (exact) mass is 468 g/mol. The molecule has 2 aromatic carbocycles. The number of carbonyl (C=O) groups is 2. The van der Waals surface area contributed by atoms with E-state index in [1.54, 1.807) is 0 Å². The molecule has 1 heterocycles. The largest absolute Gasteiger partial charge is 0.452 e. The minimum atomic E-state index is -3.72. The van der Waals surface area contributed by atoms with Gasteiger partial charge in [-0.3, -0.25) is 4.79 Å². The Morgan fingerprint density at radius 1 is 1.03 bits per heavy atom. The average Bonchev–Trinajstić information content (AvgIpc) is 3.04. The van der Waals surface area contributed by atoms with Crippen LogP contribution in [-0.2, 0) is 19.6 Å². The number of halogens is 2. The van der Waals surface area contributed by atoms with Crippen LogP contribution >= 0.6 is 11.6 Å². The molecule has 1 N–H and O–H groups in total. The molecule has 7 nitrogen and oxygen atoms in total. The molecule has 0 aromatic heterocycles. The molecule has 31 heavy (non-hydrogen) atoms. The zero-order valence-corrected chi connectivity index (χ0v) is 18.2. The Hall–Kier alpha value is -2.49. The Morgan fingerprint density at radius 3 is 2.32 bits per heavy atom. The van der Waals surface area contributed by atoms with Gasteiger partial charge in [0, 0.05) is 13.1 Å². The lowest BCUT2D eigenvalue weighted by Gasteiger charge is -2.20. The number of hydrogen-bond acceptors (Lipinski definition) is 5. The predicted octanol–water partition coefficient (Wildman–Crippen LogP) is 3.84. The first-order chi connectivity index (χ1) is 14.8. The quantitative estimate of drug-likeness (QED) is 0.650. The van der Waals surface area contributed by atoms with Gasteiger partial charge in [-0.2, -0.15) is 4.31 Å². The standard InChI is InChI=1S/C21H22ClFN2O5S/c22-18-10-9-17(31(28,29)25-11-3-1-2-4-12-25)13-19(18)24-20(26)14-30-21(27)15-5-7-16(23)8-6-15/h5-10,13H,1-4,11-12,14H2,(H,24,26). The van der Waals surface area contributed by atoms with E-state index in [0.29, 0.717) is 13.1 Å². The maximum Gasteiger partial charge on any atom is 0.338 e. The fourth-order valence-corrected chi connectivity index (χ4v) is 4.89. The number of hydrogen-bond donors (Lipinski definition) is 1. The van der Waals surface area contributed by atoms with Crippen molar-refractivity contribution < 1.29 is 27.1 Å². The Kier molecular flexibility index (Phi) is 7.64. The van der Waals surface area contributed by atoms with Crippen LogP contribution in [0.15, 0.2) is 47.4 Å². The van der Waals surface area contributed by atoms with Crippen molar-refractivity contribution in [2.75, 3.05) is 25.0 Å². The maximum absolute atomic E-state index is 13.0. The maximum atomic E-state index is 13.0. The van der Waals surface area contributed by atoms with E-state index in [1.165, 1.54) is 34.6 Å². The minimum absolute atomic E-state index is 0.0254. The van der Waals surface area contributed by atoms with Crippen molar-refractivity contribution in [2.24, 2.45) is 0 Å². The van der Waals surface area contributed by atoms with Crippen LogP contribution in [0.5, 0.6) is 0 Å². The van der Waals surface area contributed by atoms with Crippen molar-refractivity contribution in [1.29, 1.82) is 0 Å². The van der Waals surface area contributed by atoms with Crippen molar-refractivity contribution >= 4 is 39.2 Å². The number of esters is 1. The highest BCUT2D eigenvalue weighted by Gasteiger charge is 2.26. The van der Waals surface area contributed by atoms with Crippen LogP contribution in [0.1, 0.15) is 36.0 Å². The molecule has 1 aliphatic heterocycles. The number of ether oxygens (including phenoxy) is 1. The van der Waals surface area contributed by atoms with E-state index in [0.717, 1.165) is 37.8 Å². The summed E-state index contributed by atoms with van der Waals surface area (Å²) in [4.78, 5) is 24.2. The average molecular weight is 469 g/mol. The lowest BCUT2D eigenvalue weighted by Crippen LogP contribution is -2.32. The molecule has 0 saturated carbocycles. The number of nitrogens with zero attached hydrogens (tertiary/aromatic N) is 1. The topological polar surface area (TPSA) is 92.8 Å². The summed E-state index contributed by atoms with van der Waals surface area (Å²) in [6.07, 6.45) is 3.58. The zero-order chi connectivity index (χ0) is 22.4. The van der Waals surface area contributed by atoms with Crippen molar-refractivity contribution in [3.05, 3.63) is 58.9 Å². The molecular formula is C21H22ClFN2O5S.